The van der Waals surface area contributed by atoms with Crippen LogP contribution >= 0.6 is 0 Å². The van der Waals surface area contributed by atoms with Crippen molar-refractivity contribution < 1.29 is 0 Å². The van der Waals surface area contributed by atoms with Crippen molar-refractivity contribution in [3.05, 3.63) is 23.3 Å². The maximum Gasteiger partial charge on any atom is 0.0208 e. The highest BCUT2D eigenvalue weighted by Crippen LogP contribution is 2.20. The van der Waals surface area contributed by atoms with E-state index in [0.29, 0.717) is 0 Å². The molecule has 1 N–H and O–H groups in total. The minimum Gasteiger partial charge on any atom is -0.309 e. The highest BCUT2D eigenvalue weighted by atomic mass is 14.9. The van der Waals surface area contributed by atoms with Crippen LogP contribution in [0.4, 0.5) is 0 Å². The Morgan fingerprint density at radius 3 is 2.82 bits per heavy atom. The van der Waals surface area contributed by atoms with Gasteiger partial charge in [-0.15, -0.1) is 0 Å². The van der Waals surface area contributed by atoms with E-state index in [0.717, 1.165) is 13.1 Å². The quantitative estimate of drug-likeness (QED) is 0.560. The summed E-state index contributed by atoms with van der Waals surface area (Å²) >= 11 is 0. The van der Waals surface area contributed by atoms with Crippen molar-refractivity contribution in [2.45, 2.75) is 26.7 Å². The molecular formula is C10H17N. The maximum absolute atomic E-state index is 3.34. The van der Waals surface area contributed by atoms with Crippen molar-refractivity contribution >= 4 is 0 Å². The molecule has 11 heavy (non-hydrogen) atoms. The van der Waals surface area contributed by atoms with Gasteiger partial charge in [0.2, 0.25) is 0 Å². The predicted octanol–water partition coefficient (Wildman–Crippen LogP) is 2.26. The van der Waals surface area contributed by atoms with Gasteiger partial charge in [0.05, 0.1) is 0 Å². The Kier molecular flexibility index (Phi) is 3.37. The monoisotopic (exact) mass is 151 g/mol. The third-order valence-corrected chi connectivity index (χ3v) is 2.04. The van der Waals surface area contributed by atoms with Crippen LogP contribution in [0.2, 0.25) is 0 Å². The number of rotatable bonds is 0. The first kappa shape index (κ1) is 8.54. The average Bonchev–Trinajstić information content (AvgIpc) is 2.55. The van der Waals surface area contributed by atoms with Crippen LogP contribution in [0.1, 0.15) is 26.7 Å². The Labute approximate surface area is 69.2 Å². The van der Waals surface area contributed by atoms with Crippen LogP contribution in [0.15, 0.2) is 23.3 Å². The van der Waals surface area contributed by atoms with E-state index < -0.39 is 0 Å². The lowest BCUT2D eigenvalue weighted by Gasteiger charge is -2.04. The second-order valence-corrected chi connectivity index (χ2v) is 2.67. The van der Waals surface area contributed by atoms with E-state index in [1.807, 2.05) is 13.8 Å². The van der Waals surface area contributed by atoms with Gasteiger partial charge >= 0.3 is 0 Å². The predicted molar refractivity (Wildman–Crippen MR) is 49.6 cm³/mol. The Hall–Kier alpha value is -0.560. The summed E-state index contributed by atoms with van der Waals surface area (Å²) in [6.45, 7) is 6.24. The summed E-state index contributed by atoms with van der Waals surface area (Å²) < 4.78 is 0. The lowest BCUT2D eigenvalue weighted by atomic mass is 10.0. The molecule has 0 aromatic rings. The third kappa shape index (κ3) is 1.93. The zero-order chi connectivity index (χ0) is 8.10. The van der Waals surface area contributed by atoms with Crippen LogP contribution in [0.5, 0.6) is 0 Å². The molecule has 0 fully saturated rings. The molecule has 2 rings (SSSR count). The molecule has 0 aromatic heterocycles. The SMILES string of the molecule is C1=CC2=C(CC1)CNC2.CC. The number of allylic oxidation sites excluding steroid dienone is 1. The molecule has 0 saturated heterocycles. The van der Waals surface area contributed by atoms with Gasteiger partial charge in [-0.1, -0.05) is 31.6 Å². The first-order valence-electron chi connectivity index (χ1n) is 4.55. The van der Waals surface area contributed by atoms with Crippen molar-refractivity contribution in [1.82, 2.24) is 5.32 Å². The van der Waals surface area contributed by atoms with E-state index in [4.69, 9.17) is 0 Å². The largest absolute Gasteiger partial charge is 0.309 e. The van der Waals surface area contributed by atoms with Crippen molar-refractivity contribution in [1.29, 1.82) is 0 Å². The van der Waals surface area contributed by atoms with E-state index in [1.165, 1.54) is 12.8 Å². The third-order valence-electron chi connectivity index (χ3n) is 2.04. The lowest BCUT2D eigenvalue weighted by molar-refractivity contribution is 0.843. The Bertz CT molecular complexity index is 177. The molecule has 1 heteroatoms. The van der Waals surface area contributed by atoms with Crippen LogP contribution in [0, 0.1) is 0 Å². The highest BCUT2D eigenvalue weighted by Gasteiger charge is 2.12. The molecule has 0 saturated carbocycles. The summed E-state index contributed by atoms with van der Waals surface area (Å²) in [6, 6.07) is 0. The highest BCUT2D eigenvalue weighted by molar-refractivity contribution is 5.34. The minimum atomic E-state index is 1.10. The smallest absolute Gasteiger partial charge is 0.0208 e. The fourth-order valence-electron chi connectivity index (χ4n) is 1.50. The van der Waals surface area contributed by atoms with Gasteiger partial charge in [0.15, 0.2) is 0 Å². The molecule has 0 bridgehead atoms. The fraction of sp³-hybridized carbons (Fsp3) is 0.600. The summed E-state index contributed by atoms with van der Waals surface area (Å²) in [7, 11) is 0. The van der Waals surface area contributed by atoms with E-state index >= 15 is 0 Å². The molecule has 62 valence electrons. The fourth-order valence-corrected chi connectivity index (χ4v) is 1.50. The summed E-state index contributed by atoms with van der Waals surface area (Å²) in [5.41, 5.74) is 3.18. The average molecular weight is 151 g/mol. The van der Waals surface area contributed by atoms with E-state index in [1.54, 1.807) is 11.1 Å². The van der Waals surface area contributed by atoms with E-state index in [2.05, 4.69) is 17.5 Å². The molecule has 0 amide bonds. The molecule has 0 atom stereocenters. The van der Waals surface area contributed by atoms with E-state index in [9.17, 15) is 0 Å². The Morgan fingerprint density at radius 1 is 1.27 bits per heavy atom. The number of hydrogen-bond donors (Lipinski definition) is 1. The van der Waals surface area contributed by atoms with Gasteiger partial charge in [0.25, 0.3) is 0 Å². The Balaban J connectivity index is 0.000000281. The zero-order valence-electron chi connectivity index (χ0n) is 7.48. The first-order chi connectivity index (χ1) is 5.47. The van der Waals surface area contributed by atoms with Gasteiger partial charge in [-0.2, -0.15) is 0 Å². The van der Waals surface area contributed by atoms with Gasteiger partial charge in [-0.25, -0.2) is 0 Å². The van der Waals surface area contributed by atoms with Gasteiger partial charge in [-0.05, 0) is 18.4 Å². The first-order valence-corrected chi connectivity index (χ1v) is 4.55. The van der Waals surface area contributed by atoms with Crippen LogP contribution < -0.4 is 5.32 Å². The van der Waals surface area contributed by atoms with Crippen molar-refractivity contribution in [3.8, 4) is 0 Å². The molecule has 2 aliphatic rings. The van der Waals surface area contributed by atoms with E-state index in [-0.39, 0.29) is 0 Å². The molecule has 1 nitrogen and oxygen atoms in total. The topological polar surface area (TPSA) is 12.0 Å². The summed E-state index contributed by atoms with van der Waals surface area (Å²) in [6.07, 6.45) is 7.07. The normalized spacial score (nSPS) is 20.9. The number of hydrogen-bond acceptors (Lipinski definition) is 1. The summed E-state index contributed by atoms with van der Waals surface area (Å²) in [5, 5.41) is 3.34. The van der Waals surface area contributed by atoms with Crippen LogP contribution in [0.25, 0.3) is 0 Å². The number of nitrogens with one attached hydrogen (secondary N) is 1. The minimum absolute atomic E-state index is 1.10. The second-order valence-electron chi connectivity index (χ2n) is 2.67. The van der Waals surface area contributed by atoms with Crippen molar-refractivity contribution in [2.24, 2.45) is 0 Å². The molecule has 1 aliphatic carbocycles. The van der Waals surface area contributed by atoms with Gasteiger partial charge in [0, 0.05) is 13.1 Å². The molecule has 0 unspecified atom stereocenters. The molecule has 1 aliphatic heterocycles. The van der Waals surface area contributed by atoms with Crippen molar-refractivity contribution in [2.75, 3.05) is 13.1 Å². The molecule has 0 radical (unpaired) electrons. The van der Waals surface area contributed by atoms with Crippen LogP contribution in [-0.4, -0.2) is 13.1 Å². The summed E-state index contributed by atoms with van der Waals surface area (Å²) in [5.74, 6) is 0. The van der Waals surface area contributed by atoms with Gasteiger partial charge in [0.1, 0.15) is 0 Å². The maximum atomic E-state index is 3.34. The molecule has 0 spiro atoms. The lowest BCUT2D eigenvalue weighted by Crippen LogP contribution is -2.08. The van der Waals surface area contributed by atoms with Gasteiger partial charge < -0.3 is 5.32 Å². The second kappa shape index (κ2) is 4.35. The summed E-state index contributed by atoms with van der Waals surface area (Å²) in [4.78, 5) is 0. The van der Waals surface area contributed by atoms with Crippen LogP contribution in [-0.2, 0) is 0 Å². The molecular weight excluding hydrogens is 134 g/mol. The standard InChI is InChI=1S/C8H11N.C2H6/c1-2-4-8-6-9-5-7(8)3-1;1-2/h1,3,9H,2,4-6H2;1-2H3. The van der Waals surface area contributed by atoms with Crippen molar-refractivity contribution in [3.63, 3.8) is 0 Å². The van der Waals surface area contributed by atoms with Crippen LogP contribution in [0.3, 0.4) is 0 Å². The van der Waals surface area contributed by atoms with Gasteiger partial charge in [-0.3, -0.25) is 0 Å². The zero-order valence-corrected chi connectivity index (χ0v) is 7.48. The molecule has 0 aromatic carbocycles. The Morgan fingerprint density at radius 2 is 2.09 bits per heavy atom. The molecule has 1 heterocycles.